The minimum atomic E-state index is -4.82. The summed E-state index contributed by atoms with van der Waals surface area (Å²) in [6.07, 6.45) is -0.704. The second-order valence-electron chi connectivity index (χ2n) is 9.83. The molecule has 2 aliphatic rings. The second kappa shape index (κ2) is 11.5. The molecule has 12 heteroatoms. The number of amides is 1. The molecule has 5 rings (SSSR count). The quantitative estimate of drug-likeness (QED) is 0.438. The minimum Gasteiger partial charge on any atom is -0.417 e. The van der Waals surface area contributed by atoms with Crippen LogP contribution < -0.4 is 20.4 Å². The molecule has 0 radical (unpaired) electrons. The first kappa shape index (κ1) is 26.8. The number of carbonyl (C=O) groups is 1. The van der Waals surface area contributed by atoms with Crippen LogP contribution >= 0.6 is 0 Å². The fourth-order valence-corrected chi connectivity index (χ4v) is 4.81. The molecular formula is C27H32F3N7O2. The molecule has 3 aromatic rings. The van der Waals surface area contributed by atoms with Gasteiger partial charge in [0.1, 0.15) is 5.82 Å². The zero-order valence-electron chi connectivity index (χ0n) is 21.8. The van der Waals surface area contributed by atoms with E-state index >= 15 is 0 Å². The number of halogens is 3. The van der Waals surface area contributed by atoms with Crippen LogP contribution in [0.5, 0.6) is 0 Å². The zero-order chi connectivity index (χ0) is 27.4. The number of hydrogen-bond acceptors (Lipinski definition) is 8. The van der Waals surface area contributed by atoms with Crippen LogP contribution in [0.2, 0.25) is 0 Å². The fourth-order valence-electron chi connectivity index (χ4n) is 4.81. The maximum atomic E-state index is 13.6. The topological polar surface area (TPSA) is 89.8 Å². The van der Waals surface area contributed by atoms with E-state index in [1.807, 2.05) is 12.1 Å². The number of anilines is 4. The lowest BCUT2D eigenvalue weighted by molar-refractivity contribution is -0.141. The molecule has 0 aliphatic carbocycles. The normalized spacial score (nSPS) is 16.8. The molecule has 0 bridgehead atoms. The van der Waals surface area contributed by atoms with Gasteiger partial charge < -0.3 is 24.9 Å². The summed E-state index contributed by atoms with van der Waals surface area (Å²) in [5.41, 5.74) is 1.27. The van der Waals surface area contributed by atoms with Gasteiger partial charge in [-0.1, -0.05) is 18.2 Å². The van der Waals surface area contributed by atoms with E-state index in [1.165, 1.54) is 11.8 Å². The van der Waals surface area contributed by atoms with Crippen molar-refractivity contribution in [3.63, 3.8) is 0 Å². The fraction of sp³-hybridized carbons (Fsp3) is 0.444. The van der Waals surface area contributed by atoms with E-state index in [4.69, 9.17) is 4.42 Å². The van der Waals surface area contributed by atoms with Crippen LogP contribution in [0.4, 0.5) is 36.4 Å². The van der Waals surface area contributed by atoms with E-state index in [0.717, 1.165) is 63.6 Å². The van der Waals surface area contributed by atoms with E-state index in [9.17, 15) is 18.0 Å². The monoisotopic (exact) mass is 543 g/mol. The minimum absolute atomic E-state index is 0.172. The van der Waals surface area contributed by atoms with Gasteiger partial charge in [-0.3, -0.25) is 9.69 Å². The molecule has 1 amide bonds. The van der Waals surface area contributed by atoms with Crippen LogP contribution in [-0.4, -0.2) is 66.7 Å². The number of oxazole rings is 1. The van der Waals surface area contributed by atoms with Gasteiger partial charge in [0.25, 0.3) is 11.9 Å². The van der Waals surface area contributed by atoms with Gasteiger partial charge in [0.05, 0.1) is 18.6 Å². The highest BCUT2D eigenvalue weighted by atomic mass is 19.4. The van der Waals surface area contributed by atoms with E-state index in [0.29, 0.717) is 13.1 Å². The van der Waals surface area contributed by atoms with Crippen molar-refractivity contribution in [3.05, 3.63) is 59.6 Å². The molecule has 0 unspecified atom stereocenters. The molecule has 9 nitrogen and oxygen atoms in total. The first-order valence-corrected chi connectivity index (χ1v) is 13.1. The van der Waals surface area contributed by atoms with Crippen LogP contribution in [0.25, 0.3) is 0 Å². The number of aryl methyl sites for hydroxylation is 1. The highest BCUT2D eigenvalue weighted by molar-refractivity contribution is 6.03. The van der Waals surface area contributed by atoms with Gasteiger partial charge in [-0.15, -0.1) is 0 Å². The Bertz CT molecular complexity index is 1270. The third-order valence-corrected chi connectivity index (χ3v) is 7.06. The summed E-state index contributed by atoms with van der Waals surface area (Å²) in [4.78, 5) is 26.9. The van der Waals surface area contributed by atoms with Gasteiger partial charge in [-0.2, -0.15) is 18.2 Å². The Morgan fingerprint density at radius 3 is 2.38 bits per heavy atom. The van der Waals surface area contributed by atoms with E-state index in [-0.39, 0.29) is 11.7 Å². The number of carbonyl (C=O) groups excluding carboxylic acids is 1. The van der Waals surface area contributed by atoms with Gasteiger partial charge in [0, 0.05) is 45.0 Å². The third-order valence-electron chi connectivity index (χ3n) is 7.06. The molecule has 2 aromatic heterocycles. The summed E-state index contributed by atoms with van der Waals surface area (Å²) in [6, 6.07) is 11.4. The number of rotatable bonds is 7. The van der Waals surface area contributed by atoms with Crippen LogP contribution in [0, 0.1) is 6.92 Å². The Labute approximate surface area is 225 Å². The SMILES string of the molecule is Cc1ccccc1NCN1CCN(c2ccc(NC(=O)c3oc(N4CCCCC4)nc3C(F)(F)F)cn2)CC1. The molecular weight excluding hydrogens is 511 g/mol. The number of aromatic nitrogens is 2. The number of alkyl halides is 3. The number of pyridine rings is 1. The Hall–Kier alpha value is -3.80. The number of para-hydroxylation sites is 1. The Balaban J connectivity index is 1.17. The Kier molecular flexibility index (Phi) is 7.92. The number of benzene rings is 1. The molecule has 4 heterocycles. The van der Waals surface area contributed by atoms with Crippen molar-refractivity contribution in [3.8, 4) is 0 Å². The summed E-state index contributed by atoms with van der Waals surface area (Å²) in [5, 5.41) is 5.95. The lowest BCUT2D eigenvalue weighted by atomic mass is 10.1. The van der Waals surface area contributed by atoms with Crippen molar-refractivity contribution in [2.24, 2.45) is 0 Å². The van der Waals surface area contributed by atoms with Gasteiger partial charge >= 0.3 is 6.18 Å². The van der Waals surface area contributed by atoms with Crippen molar-refractivity contribution in [1.82, 2.24) is 14.9 Å². The van der Waals surface area contributed by atoms with Crippen molar-refractivity contribution < 1.29 is 22.4 Å². The molecule has 208 valence electrons. The molecule has 0 spiro atoms. The molecule has 0 saturated carbocycles. The summed E-state index contributed by atoms with van der Waals surface area (Å²) in [7, 11) is 0. The maximum Gasteiger partial charge on any atom is 0.437 e. The molecule has 39 heavy (non-hydrogen) atoms. The number of nitrogens with one attached hydrogen (secondary N) is 2. The summed E-state index contributed by atoms with van der Waals surface area (Å²) < 4.78 is 46.2. The lowest BCUT2D eigenvalue weighted by Gasteiger charge is -2.35. The molecule has 0 atom stereocenters. The van der Waals surface area contributed by atoms with Gasteiger partial charge in [0.2, 0.25) is 5.76 Å². The smallest absolute Gasteiger partial charge is 0.417 e. The van der Waals surface area contributed by atoms with E-state index < -0.39 is 23.5 Å². The van der Waals surface area contributed by atoms with Crippen LogP contribution in [0.15, 0.2) is 47.0 Å². The Morgan fingerprint density at radius 2 is 1.72 bits per heavy atom. The highest BCUT2D eigenvalue weighted by Gasteiger charge is 2.42. The van der Waals surface area contributed by atoms with Crippen molar-refractivity contribution in [2.75, 3.05) is 66.4 Å². The predicted molar refractivity (Wildman–Crippen MR) is 143 cm³/mol. The zero-order valence-corrected chi connectivity index (χ0v) is 21.8. The second-order valence-corrected chi connectivity index (χ2v) is 9.83. The van der Waals surface area contributed by atoms with E-state index in [1.54, 1.807) is 17.0 Å². The van der Waals surface area contributed by atoms with Gasteiger partial charge in [0.15, 0.2) is 5.69 Å². The van der Waals surface area contributed by atoms with Crippen LogP contribution in [0.1, 0.15) is 41.1 Å². The largest absolute Gasteiger partial charge is 0.437 e. The van der Waals surface area contributed by atoms with Gasteiger partial charge in [-0.25, -0.2) is 4.98 Å². The molecule has 2 N–H and O–H groups in total. The molecule has 2 saturated heterocycles. The first-order chi connectivity index (χ1) is 18.8. The summed E-state index contributed by atoms with van der Waals surface area (Å²) in [5.74, 6) is -1.12. The number of hydrogen-bond donors (Lipinski definition) is 2. The highest BCUT2D eigenvalue weighted by Crippen LogP contribution is 2.35. The van der Waals surface area contributed by atoms with Crippen molar-refractivity contribution in [2.45, 2.75) is 32.4 Å². The standard InChI is InChI=1S/C27H32F3N7O2/c1-19-7-3-4-8-21(19)32-18-35-13-15-36(16-14-35)22-10-9-20(17-31-22)33-25(38)23-24(27(28,29)30)34-26(39-23)37-11-5-2-6-12-37/h3-4,7-10,17,32H,2,5-6,11-16,18H2,1H3,(H,33,38). The number of nitrogens with zero attached hydrogens (tertiary/aromatic N) is 5. The van der Waals surface area contributed by atoms with Crippen molar-refractivity contribution >= 4 is 29.1 Å². The average Bonchev–Trinajstić information content (AvgIpc) is 3.41. The van der Waals surface area contributed by atoms with Crippen LogP contribution in [-0.2, 0) is 6.18 Å². The van der Waals surface area contributed by atoms with Gasteiger partial charge in [-0.05, 0) is 49.9 Å². The summed E-state index contributed by atoms with van der Waals surface area (Å²) >= 11 is 0. The average molecular weight is 544 g/mol. The maximum absolute atomic E-state index is 13.6. The third kappa shape index (κ3) is 6.44. The predicted octanol–water partition coefficient (Wildman–Crippen LogP) is 4.83. The number of piperidine rings is 1. The summed E-state index contributed by atoms with van der Waals surface area (Å²) in [6.45, 7) is 7.17. The number of piperazine rings is 1. The molecule has 1 aromatic carbocycles. The van der Waals surface area contributed by atoms with E-state index in [2.05, 4.69) is 49.5 Å². The molecule has 2 fully saturated rings. The molecule has 2 aliphatic heterocycles. The van der Waals surface area contributed by atoms with Crippen molar-refractivity contribution in [1.29, 1.82) is 0 Å². The lowest BCUT2D eigenvalue weighted by Crippen LogP contribution is -2.48. The van der Waals surface area contributed by atoms with Crippen LogP contribution in [0.3, 0.4) is 0 Å². The first-order valence-electron chi connectivity index (χ1n) is 13.1. The Morgan fingerprint density at radius 1 is 0.974 bits per heavy atom.